The number of aromatic nitrogens is 3. The molecule has 0 atom stereocenters. The van der Waals surface area contributed by atoms with E-state index in [1.807, 2.05) is 36.1 Å². The van der Waals surface area contributed by atoms with Gasteiger partial charge in [0.1, 0.15) is 0 Å². The zero-order chi connectivity index (χ0) is 20.2. The predicted octanol–water partition coefficient (Wildman–Crippen LogP) is 2.67. The first kappa shape index (κ1) is 19.6. The highest BCUT2D eigenvalue weighted by Gasteiger charge is 2.26. The molecule has 1 saturated heterocycles. The number of amides is 2. The molecule has 2 heterocycles. The Kier molecular flexibility index (Phi) is 5.92. The summed E-state index contributed by atoms with van der Waals surface area (Å²) < 4.78 is 1.80. The highest BCUT2D eigenvalue weighted by atomic mass is 16.2. The number of hydrogen-bond donors (Lipinski definition) is 1. The maximum Gasteiger partial charge on any atom is 0.273 e. The van der Waals surface area contributed by atoms with Gasteiger partial charge in [0.2, 0.25) is 5.91 Å². The average molecular weight is 396 g/mol. The molecule has 1 saturated carbocycles. The highest BCUT2D eigenvalue weighted by molar-refractivity contribution is 5.92. The van der Waals surface area contributed by atoms with E-state index in [1.54, 1.807) is 10.9 Å². The van der Waals surface area contributed by atoms with Crippen LogP contribution in [0.2, 0.25) is 0 Å². The van der Waals surface area contributed by atoms with Gasteiger partial charge in [-0.05, 0) is 43.7 Å². The van der Waals surface area contributed by atoms with Crippen molar-refractivity contribution < 1.29 is 9.59 Å². The SMILES string of the molecule is Cc1ccccc1CC(=O)N1CCC(n2cc(C(=O)NC3CCCC3)nn2)CC1. The van der Waals surface area contributed by atoms with Crippen LogP contribution in [-0.4, -0.2) is 50.8 Å². The van der Waals surface area contributed by atoms with Gasteiger partial charge < -0.3 is 10.2 Å². The molecule has 0 unspecified atom stereocenters. The third-order valence-electron chi connectivity index (χ3n) is 6.23. The topological polar surface area (TPSA) is 80.1 Å². The molecule has 1 aromatic heterocycles. The van der Waals surface area contributed by atoms with Gasteiger partial charge in [0.25, 0.3) is 5.91 Å². The predicted molar refractivity (Wildman–Crippen MR) is 109 cm³/mol. The quantitative estimate of drug-likeness (QED) is 0.844. The Morgan fingerprint density at radius 3 is 2.55 bits per heavy atom. The van der Waals surface area contributed by atoms with Crippen molar-refractivity contribution in [2.75, 3.05) is 13.1 Å². The Morgan fingerprint density at radius 2 is 1.83 bits per heavy atom. The van der Waals surface area contributed by atoms with Gasteiger partial charge in [0.15, 0.2) is 5.69 Å². The van der Waals surface area contributed by atoms with Crippen molar-refractivity contribution in [3.63, 3.8) is 0 Å². The van der Waals surface area contributed by atoms with E-state index in [0.29, 0.717) is 25.2 Å². The van der Waals surface area contributed by atoms with E-state index >= 15 is 0 Å². The number of aryl methyl sites for hydroxylation is 1. The first-order valence-electron chi connectivity index (χ1n) is 10.6. The summed E-state index contributed by atoms with van der Waals surface area (Å²) in [5.74, 6) is 0.0435. The minimum absolute atomic E-state index is 0.131. The summed E-state index contributed by atoms with van der Waals surface area (Å²) in [6.45, 7) is 3.46. The third-order valence-corrected chi connectivity index (χ3v) is 6.23. The standard InChI is InChI=1S/C22H29N5O2/c1-16-6-2-3-7-17(16)14-21(28)26-12-10-19(11-13-26)27-15-20(24-25-27)22(29)23-18-8-4-5-9-18/h2-3,6-7,15,18-19H,4-5,8-14H2,1H3,(H,23,29). The van der Waals surface area contributed by atoms with Crippen LogP contribution in [0.5, 0.6) is 0 Å². The van der Waals surface area contributed by atoms with Crippen molar-refractivity contribution in [3.8, 4) is 0 Å². The van der Waals surface area contributed by atoms with E-state index in [2.05, 4.69) is 15.6 Å². The lowest BCUT2D eigenvalue weighted by molar-refractivity contribution is -0.131. The normalized spacial score (nSPS) is 18.2. The van der Waals surface area contributed by atoms with Gasteiger partial charge in [-0.25, -0.2) is 4.68 Å². The second kappa shape index (κ2) is 8.76. The molecule has 0 bridgehead atoms. The van der Waals surface area contributed by atoms with Gasteiger partial charge in [-0.15, -0.1) is 5.10 Å². The number of rotatable bonds is 5. The van der Waals surface area contributed by atoms with Crippen LogP contribution in [0.4, 0.5) is 0 Å². The number of carbonyl (C=O) groups excluding carboxylic acids is 2. The number of piperidine rings is 1. The molecule has 7 heteroatoms. The van der Waals surface area contributed by atoms with Crippen LogP contribution >= 0.6 is 0 Å². The molecule has 1 aromatic carbocycles. The first-order chi connectivity index (χ1) is 14.1. The van der Waals surface area contributed by atoms with Crippen LogP contribution in [0.25, 0.3) is 0 Å². The summed E-state index contributed by atoms with van der Waals surface area (Å²) in [6, 6.07) is 8.49. The molecule has 2 aliphatic rings. The molecule has 29 heavy (non-hydrogen) atoms. The summed E-state index contributed by atoms with van der Waals surface area (Å²) in [7, 11) is 0. The van der Waals surface area contributed by atoms with Gasteiger partial charge in [-0.2, -0.15) is 0 Å². The van der Waals surface area contributed by atoms with Crippen molar-refractivity contribution >= 4 is 11.8 Å². The van der Waals surface area contributed by atoms with Crippen molar-refractivity contribution in [3.05, 3.63) is 47.3 Å². The molecular weight excluding hydrogens is 366 g/mol. The van der Waals surface area contributed by atoms with Gasteiger partial charge in [0.05, 0.1) is 18.7 Å². The van der Waals surface area contributed by atoms with E-state index in [0.717, 1.165) is 36.8 Å². The Bertz CT molecular complexity index is 864. The average Bonchev–Trinajstić information content (AvgIpc) is 3.42. The Balaban J connectivity index is 1.29. The second-order valence-corrected chi connectivity index (χ2v) is 8.25. The zero-order valence-electron chi connectivity index (χ0n) is 17.0. The summed E-state index contributed by atoms with van der Waals surface area (Å²) in [4.78, 5) is 27.0. The minimum atomic E-state index is -0.131. The fourth-order valence-electron chi connectivity index (χ4n) is 4.35. The molecule has 1 N–H and O–H groups in total. The Hall–Kier alpha value is -2.70. The van der Waals surface area contributed by atoms with Crippen LogP contribution in [-0.2, 0) is 11.2 Å². The Labute approximate surface area is 171 Å². The van der Waals surface area contributed by atoms with E-state index in [-0.39, 0.29) is 23.9 Å². The van der Waals surface area contributed by atoms with Gasteiger partial charge >= 0.3 is 0 Å². The highest BCUT2D eigenvalue weighted by Crippen LogP contribution is 2.23. The largest absolute Gasteiger partial charge is 0.348 e. The number of nitrogens with one attached hydrogen (secondary N) is 1. The maximum atomic E-state index is 12.7. The number of benzene rings is 1. The lowest BCUT2D eigenvalue weighted by atomic mass is 10.0. The lowest BCUT2D eigenvalue weighted by Crippen LogP contribution is -2.40. The molecule has 1 aliphatic carbocycles. The number of carbonyl (C=O) groups is 2. The molecule has 4 rings (SSSR count). The molecule has 154 valence electrons. The van der Waals surface area contributed by atoms with Crippen LogP contribution in [0, 0.1) is 6.92 Å². The zero-order valence-corrected chi connectivity index (χ0v) is 17.0. The third kappa shape index (κ3) is 4.66. The van der Waals surface area contributed by atoms with Crippen LogP contribution in [0.15, 0.2) is 30.5 Å². The van der Waals surface area contributed by atoms with Crippen molar-refractivity contribution in [1.82, 2.24) is 25.2 Å². The molecule has 2 fully saturated rings. The minimum Gasteiger partial charge on any atom is -0.348 e. The second-order valence-electron chi connectivity index (χ2n) is 8.25. The molecular formula is C22H29N5O2. The fourth-order valence-corrected chi connectivity index (χ4v) is 4.35. The fraction of sp³-hybridized carbons (Fsp3) is 0.545. The van der Waals surface area contributed by atoms with E-state index < -0.39 is 0 Å². The summed E-state index contributed by atoms with van der Waals surface area (Å²) in [5, 5.41) is 11.3. The molecule has 1 aliphatic heterocycles. The van der Waals surface area contributed by atoms with E-state index in [1.165, 1.54) is 12.8 Å². The smallest absolute Gasteiger partial charge is 0.273 e. The monoisotopic (exact) mass is 395 g/mol. The first-order valence-corrected chi connectivity index (χ1v) is 10.6. The summed E-state index contributed by atoms with van der Waals surface area (Å²) >= 11 is 0. The van der Waals surface area contributed by atoms with Crippen LogP contribution < -0.4 is 5.32 Å². The lowest BCUT2D eigenvalue weighted by Gasteiger charge is -2.32. The number of nitrogens with zero attached hydrogens (tertiary/aromatic N) is 4. The molecule has 0 spiro atoms. The van der Waals surface area contributed by atoms with Crippen molar-refractivity contribution in [2.24, 2.45) is 0 Å². The van der Waals surface area contributed by atoms with Gasteiger partial charge in [0, 0.05) is 19.1 Å². The molecule has 2 aromatic rings. The van der Waals surface area contributed by atoms with Gasteiger partial charge in [-0.1, -0.05) is 42.3 Å². The molecule has 7 nitrogen and oxygen atoms in total. The van der Waals surface area contributed by atoms with E-state index in [4.69, 9.17) is 0 Å². The van der Waals surface area contributed by atoms with Crippen molar-refractivity contribution in [1.29, 1.82) is 0 Å². The molecule has 2 amide bonds. The maximum absolute atomic E-state index is 12.7. The summed E-state index contributed by atoms with van der Waals surface area (Å²) in [6.07, 6.45) is 8.31. The summed E-state index contributed by atoms with van der Waals surface area (Å²) in [5.41, 5.74) is 2.63. The van der Waals surface area contributed by atoms with Gasteiger partial charge in [-0.3, -0.25) is 9.59 Å². The van der Waals surface area contributed by atoms with Crippen molar-refractivity contribution in [2.45, 2.75) is 64.0 Å². The number of hydrogen-bond acceptors (Lipinski definition) is 4. The molecule has 0 radical (unpaired) electrons. The Morgan fingerprint density at radius 1 is 1.10 bits per heavy atom. The van der Waals surface area contributed by atoms with Crippen LogP contribution in [0.3, 0.4) is 0 Å². The van der Waals surface area contributed by atoms with Crippen LogP contribution in [0.1, 0.15) is 66.2 Å². The van der Waals surface area contributed by atoms with E-state index in [9.17, 15) is 9.59 Å². The number of likely N-dealkylation sites (tertiary alicyclic amines) is 1.